The Labute approximate surface area is 105 Å². The normalized spacial score (nSPS) is 12.8. The van der Waals surface area contributed by atoms with Crippen LogP contribution in [0.15, 0.2) is 24.3 Å². The number of ether oxygens (including phenoxy) is 1. The summed E-state index contributed by atoms with van der Waals surface area (Å²) in [6, 6.07) is 8.51. The Hall–Kier alpha value is -1.06. The highest BCUT2D eigenvalue weighted by Gasteiger charge is 2.04. The number of rotatable bonds is 7. The third kappa shape index (κ3) is 5.71. The van der Waals surface area contributed by atoms with Crippen LogP contribution in [0.25, 0.3) is 0 Å². The summed E-state index contributed by atoms with van der Waals surface area (Å²) in [5, 5.41) is 0. The lowest BCUT2D eigenvalue weighted by molar-refractivity contribution is 0.375. The number of benzene rings is 1. The van der Waals surface area contributed by atoms with Gasteiger partial charge in [-0.15, -0.1) is 0 Å². The molecule has 2 N–H and O–H groups in total. The first-order valence-corrected chi connectivity index (χ1v) is 6.15. The van der Waals surface area contributed by atoms with Gasteiger partial charge in [-0.25, -0.2) is 0 Å². The largest absolute Gasteiger partial charge is 0.497 e. The van der Waals surface area contributed by atoms with Gasteiger partial charge < -0.3 is 15.4 Å². The summed E-state index contributed by atoms with van der Waals surface area (Å²) in [4.78, 5) is 2.17. The average Bonchev–Trinajstić information content (AvgIpc) is 2.34. The van der Waals surface area contributed by atoms with E-state index in [0.717, 1.165) is 31.6 Å². The molecular weight excluding hydrogens is 212 g/mol. The maximum absolute atomic E-state index is 6.07. The molecule has 3 nitrogen and oxygen atoms in total. The van der Waals surface area contributed by atoms with Crippen molar-refractivity contribution in [1.82, 2.24) is 4.90 Å². The highest BCUT2D eigenvalue weighted by Crippen LogP contribution is 2.13. The van der Waals surface area contributed by atoms with Gasteiger partial charge in [0.1, 0.15) is 5.75 Å². The van der Waals surface area contributed by atoms with Crippen molar-refractivity contribution in [1.29, 1.82) is 0 Å². The van der Waals surface area contributed by atoms with Crippen molar-refractivity contribution in [2.45, 2.75) is 25.3 Å². The molecule has 0 aliphatic rings. The molecule has 0 amide bonds. The van der Waals surface area contributed by atoms with Gasteiger partial charge in [0.25, 0.3) is 0 Å². The first kappa shape index (κ1) is 14.0. The van der Waals surface area contributed by atoms with E-state index in [4.69, 9.17) is 10.5 Å². The van der Waals surface area contributed by atoms with Gasteiger partial charge >= 0.3 is 0 Å². The molecule has 0 aliphatic heterocycles. The molecule has 0 saturated heterocycles. The maximum atomic E-state index is 6.07. The van der Waals surface area contributed by atoms with E-state index in [1.165, 1.54) is 5.56 Å². The Balaban J connectivity index is 2.29. The molecular formula is C14H24N2O. The summed E-state index contributed by atoms with van der Waals surface area (Å²) in [5.41, 5.74) is 7.40. The summed E-state index contributed by atoms with van der Waals surface area (Å²) in [6.07, 6.45) is 3.14. The monoisotopic (exact) mass is 236 g/mol. The SMILES string of the molecule is COc1ccc(CCC(N)CCN(C)C)cc1. The van der Waals surface area contributed by atoms with Gasteiger partial charge in [-0.05, 0) is 57.6 Å². The zero-order valence-electron chi connectivity index (χ0n) is 11.1. The van der Waals surface area contributed by atoms with E-state index in [-0.39, 0.29) is 0 Å². The lowest BCUT2D eigenvalue weighted by Crippen LogP contribution is -2.26. The summed E-state index contributed by atoms with van der Waals surface area (Å²) in [5.74, 6) is 0.908. The predicted molar refractivity (Wildman–Crippen MR) is 72.5 cm³/mol. The first-order chi connectivity index (χ1) is 8.11. The van der Waals surface area contributed by atoms with Crippen molar-refractivity contribution in [2.75, 3.05) is 27.7 Å². The Morgan fingerprint density at radius 2 is 1.82 bits per heavy atom. The second kappa shape index (κ2) is 7.30. The zero-order valence-corrected chi connectivity index (χ0v) is 11.1. The number of aryl methyl sites for hydroxylation is 1. The van der Waals surface area contributed by atoms with Crippen molar-refractivity contribution >= 4 is 0 Å². The number of hydrogen-bond acceptors (Lipinski definition) is 3. The molecule has 0 radical (unpaired) electrons. The van der Waals surface area contributed by atoms with Crippen LogP contribution in [0.1, 0.15) is 18.4 Å². The minimum atomic E-state index is 0.291. The smallest absolute Gasteiger partial charge is 0.118 e. The van der Waals surface area contributed by atoms with Gasteiger partial charge in [-0.3, -0.25) is 0 Å². The average molecular weight is 236 g/mol. The highest BCUT2D eigenvalue weighted by atomic mass is 16.5. The quantitative estimate of drug-likeness (QED) is 0.786. The molecule has 1 rings (SSSR count). The third-order valence-corrected chi connectivity index (χ3v) is 2.91. The van der Waals surface area contributed by atoms with Crippen LogP contribution in [0.5, 0.6) is 5.75 Å². The second-order valence-electron chi connectivity index (χ2n) is 4.74. The molecule has 96 valence electrons. The van der Waals surface area contributed by atoms with Crippen LogP contribution in [-0.4, -0.2) is 38.7 Å². The van der Waals surface area contributed by atoms with Crippen molar-refractivity contribution in [2.24, 2.45) is 5.73 Å². The number of nitrogens with two attached hydrogens (primary N) is 1. The molecule has 0 bridgehead atoms. The van der Waals surface area contributed by atoms with E-state index in [2.05, 4.69) is 31.1 Å². The summed E-state index contributed by atoms with van der Waals surface area (Å²) in [6.45, 7) is 1.06. The molecule has 0 aromatic heterocycles. The van der Waals surface area contributed by atoms with Crippen LogP contribution in [-0.2, 0) is 6.42 Å². The van der Waals surface area contributed by atoms with Crippen LogP contribution < -0.4 is 10.5 Å². The molecule has 0 saturated carbocycles. The predicted octanol–water partition coefficient (Wildman–Crippen LogP) is 1.91. The van der Waals surface area contributed by atoms with E-state index in [1.54, 1.807) is 7.11 Å². The van der Waals surface area contributed by atoms with E-state index in [0.29, 0.717) is 6.04 Å². The van der Waals surface area contributed by atoms with Crippen LogP contribution in [0.2, 0.25) is 0 Å². The summed E-state index contributed by atoms with van der Waals surface area (Å²) in [7, 11) is 5.85. The molecule has 1 aromatic rings. The van der Waals surface area contributed by atoms with Crippen LogP contribution >= 0.6 is 0 Å². The minimum absolute atomic E-state index is 0.291. The molecule has 0 fully saturated rings. The molecule has 1 unspecified atom stereocenters. The van der Waals surface area contributed by atoms with Crippen molar-refractivity contribution in [3.8, 4) is 5.75 Å². The van der Waals surface area contributed by atoms with Crippen LogP contribution in [0.3, 0.4) is 0 Å². The second-order valence-corrected chi connectivity index (χ2v) is 4.74. The lowest BCUT2D eigenvalue weighted by atomic mass is 10.0. The van der Waals surface area contributed by atoms with Gasteiger partial charge in [-0.2, -0.15) is 0 Å². The van der Waals surface area contributed by atoms with Crippen LogP contribution in [0, 0.1) is 0 Å². The van der Waals surface area contributed by atoms with Gasteiger partial charge in [0.05, 0.1) is 7.11 Å². The van der Waals surface area contributed by atoms with E-state index in [9.17, 15) is 0 Å². The number of methoxy groups -OCH3 is 1. The van der Waals surface area contributed by atoms with E-state index in [1.807, 2.05) is 12.1 Å². The van der Waals surface area contributed by atoms with Gasteiger partial charge in [0.15, 0.2) is 0 Å². The van der Waals surface area contributed by atoms with Gasteiger partial charge in [0, 0.05) is 6.04 Å². The fourth-order valence-electron chi connectivity index (χ4n) is 1.71. The summed E-state index contributed by atoms with van der Waals surface area (Å²) >= 11 is 0. The number of nitrogens with zero attached hydrogens (tertiary/aromatic N) is 1. The lowest BCUT2D eigenvalue weighted by Gasteiger charge is -2.15. The molecule has 3 heteroatoms. The number of hydrogen-bond donors (Lipinski definition) is 1. The molecule has 1 atom stereocenters. The van der Waals surface area contributed by atoms with Crippen LogP contribution in [0.4, 0.5) is 0 Å². The maximum Gasteiger partial charge on any atom is 0.118 e. The molecule has 0 aliphatic carbocycles. The van der Waals surface area contributed by atoms with Crippen molar-refractivity contribution < 1.29 is 4.74 Å². The van der Waals surface area contributed by atoms with Gasteiger partial charge in [0.2, 0.25) is 0 Å². The Morgan fingerprint density at radius 1 is 1.18 bits per heavy atom. The Kier molecular flexibility index (Phi) is 6.01. The minimum Gasteiger partial charge on any atom is -0.497 e. The van der Waals surface area contributed by atoms with E-state index >= 15 is 0 Å². The summed E-state index contributed by atoms with van der Waals surface area (Å²) < 4.78 is 5.13. The van der Waals surface area contributed by atoms with E-state index < -0.39 is 0 Å². The third-order valence-electron chi connectivity index (χ3n) is 2.91. The molecule has 17 heavy (non-hydrogen) atoms. The van der Waals surface area contributed by atoms with Crippen molar-refractivity contribution in [3.05, 3.63) is 29.8 Å². The zero-order chi connectivity index (χ0) is 12.7. The Morgan fingerprint density at radius 3 is 2.35 bits per heavy atom. The fourth-order valence-corrected chi connectivity index (χ4v) is 1.71. The molecule has 0 spiro atoms. The van der Waals surface area contributed by atoms with Crippen molar-refractivity contribution in [3.63, 3.8) is 0 Å². The Bertz CT molecular complexity index is 309. The standard InChI is InChI=1S/C14H24N2O/c1-16(2)11-10-13(15)7-4-12-5-8-14(17-3)9-6-12/h5-6,8-9,13H,4,7,10-11,15H2,1-3H3. The molecule has 0 heterocycles. The molecule has 1 aromatic carbocycles. The highest BCUT2D eigenvalue weighted by molar-refractivity contribution is 5.27. The fraction of sp³-hybridized carbons (Fsp3) is 0.571. The topological polar surface area (TPSA) is 38.5 Å². The first-order valence-electron chi connectivity index (χ1n) is 6.15. The van der Waals surface area contributed by atoms with Gasteiger partial charge in [-0.1, -0.05) is 12.1 Å².